The summed E-state index contributed by atoms with van der Waals surface area (Å²) >= 11 is 0. The molecule has 0 spiro atoms. The molecular weight excluding hydrogens is 368 g/mol. The van der Waals surface area contributed by atoms with Gasteiger partial charge in [0.05, 0.1) is 12.8 Å². The lowest BCUT2D eigenvalue weighted by Gasteiger charge is -2.13. The summed E-state index contributed by atoms with van der Waals surface area (Å²) in [5, 5.41) is 0.961. The third-order valence-corrected chi connectivity index (χ3v) is 4.33. The highest BCUT2D eigenvalue weighted by Crippen LogP contribution is 2.31. The van der Waals surface area contributed by atoms with E-state index in [2.05, 4.69) is 23.1 Å². The van der Waals surface area contributed by atoms with Gasteiger partial charge in [-0.15, -0.1) is 0 Å². The van der Waals surface area contributed by atoms with Gasteiger partial charge in [0.15, 0.2) is 6.29 Å². The average Bonchev–Trinajstić information content (AvgIpc) is 3.19. The molecule has 146 valence electrons. The van der Waals surface area contributed by atoms with E-state index in [0.29, 0.717) is 17.7 Å². The fourth-order valence-electron chi connectivity index (χ4n) is 2.89. The second-order valence-electron chi connectivity index (χ2n) is 6.14. The zero-order valence-electron chi connectivity index (χ0n) is 16.0. The number of fused-ring (bicyclic) bond motifs is 1. The number of aromatic amines is 1. The van der Waals surface area contributed by atoms with Gasteiger partial charge in [-0.25, -0.2) is 9.78 Å². The van der Waals surface area contributed by atoms with Crippen LogP contribution in [0.5, 0.6) is 0 Å². The van der Waals surface area contributed by atoms with Gasteiger partial charge < -0.3 is 14.5 Å². The lowest BCUT2D eigenvalue weighted by atomic mass is 10.0. The van der Waals surface area contributed by atoms with Crippen molar-refractivity contribution in [2.24, 2.45) is 0 Å². The van der Waals surface area contributed by atoms with Crippen LogP contribution in [0.4, 0.5) is 0 Å². The van der Waals surface area contributed by atoms with E-state index >= 15 is 0 Å². The first kappa shape index (κ1) is 19.8. The van der Waals surface area contributed by atoms with Crippen LogP contribution in [0.15, 0.2) is 79.2 Å². The molecule has 3 rings (SSSR count). The minimum absolute atomic E-state index is 0.121. The normalized spacial score (nSPS) is 11.1. The molecule has 0 unspecified atom stereocenters. The number of esters is 1. The van der Waals surface area contributed by atoms with E-state index in [1.165, 1.54) is 13.2 Å². The first-order valence-electron chi connectivity index (χ1n) is 8.83. The number of hydrogen-bond acceptors (Lipinski definition) is 5. The monoisotopic (exact) mass is 388 g/mol. The van der Waals surface area contributed by atoms with Crippen LogP contribution in [0.1, 0.15) is 16.1 Å². The molecule has 0 aliphatic heterocycles. The summed E-state index contributed by atoms with van der Waals surface area (Å²) in [6.07, 6.45) is 5.54. The van der Waals surface area contributed by atoms with E-state index < -0.39 is 5.97 Å². The number of nitrogens with one attached hydrogen (secondary N) is 1. The van der Waals surface area contributed by atoms with Gasteiger partial charge in [0.25, 0.3) is 0 Å². The second-order valence-corrected chi connectivity index (χ2v) is 6.14. The summed E-state index contributed by atoms with van der Waals surface area (Å²) in [6, 6.07) is 11.1. The van der Waals surface area contributed by atoms with Crippen molar-refractivity contribution < 1.29 is 19.1 Å². The van der Waals surface area contributed by atoms with Crippen molar-refractivity contribution in [3.63, 3.8) is 0 Å². The van der Waals surface area contributed by atoms with Crippen LogP contribution < -0.4 is 0 Å². The minimum Gasteiger partial charge on any atom is -0.488 e. The Morgan fingerprint density at radius 3 is 2.76 bits per heavy atom. The standard InChI is InChI=1S/C23H20N2O4/c1-4-7-21(15(2)13-26)29-14-16-10-11-20(23(27)28-3)25-22(16)18-12-24-19-9-6-5-8-17(18)19/h4-13,24H,1-2,14H2,3H3/b21-7+. The first-order chi connectivity index (χ1) is 14.1. The number of para-hydroxylation sites is 1. The number of carbonyl (C=O) groups is 2. The Bertz CT molecular complexity index is 1120. The molecule has 0 saturated carbocycles. The number of H-pyrrole nitrogens is 1. The molecule has 3 aromatic rings. The Hall–Kier alpha value is -3.93. The number of carbonyl (C=O) groups excluding carboxylic acids is 2. The predicted octanol–water partition coefficient (Wildman–Crippen LogP) is 4.36. The molecule has 0 bridgehead atoms. The Morgan fingerprint density at radius 2 is 2.03 bits per heavy atom. The van der Waals surface area contributed by atoms with Crippen molar-refractivity contribution in [2.75, 3.05) is 7.11 Å². The van der Waals surface area contributed by atoms with Gasteiger partial charge in [-0.2, -0.15) is 0 Å². The summed E-state index contributed by atoms with van der Waals surface area (Å²) < 4.78 is 10.6. The fraction of sp³-hybridized carbons (Fsp3) is 0.0870. The maximum absolute atomic E-state index is 12.0. The highest BCUT2D eigenvalue weighted by atomic mass is 16.5. The summed E-state index contributed by atoms with van der Waals surface area (Å²) in [7, 11) is 1.31. The number of benzene rings is 1. The number of nitrogens with zero attached hydrogens (tertiary/aromatic N) is 1. The fourth-order valence-corrected chi connectivity index (χ4v) is 2.89. The number of aldehydes is 1. The molecule has 2 aromatic heterocycles. The van der Waals surface area contributed by atoms with Crippen molar-refractivity contribution in [3.8, 4) is 11.3 Å². The molecule has 6 heteroatoms. The summed E-state index contributed by atoms with van der Waals surface area (Å²) in [5.74, 6) is -0.211. The molecular formula is C23H20N2O4. The van der Waals surface area contributed by atoms with Gasteiger partial charge in [-0.3, -0.25) is 4.79 Å². The largest absolute Gasteiger partial charge is 0.488 e. The van der Waals surface area contributed by atoms with Gasteiger partial charge in [0, 0.05) is 33.8 Å². The number of rotatable bonds is 8. The molecule has 0 atom stereocenters. The Balaban J connectivity index is 2.06. The van der Waals surface area contributed by atoms with E-state index in [1.54, 1.807) is 18.2 Å². The quantitative estimate of drug-likeness (QED) is 0.204. The van der Waals surface area contributed by atoms with E-state index in [4.69, 9.17) is 9.47 Å². The topological polar surface area (TPSA) is 81.3 Å². The highest BCUT2D eigenvalue weighted by molar-refractivity contribution is 5.96. The van der Waals surface area contributed by atoms with Crippen molar-refractivity contribution in [1.82, 2.24) is 9.97 Å². The number of aromatic nitrogens is 2. The zero-order valence-corrected chi connectivity index (χ0v) is 16.0. The number of methoxy groups -OCH3 is 1. The molecule has 0 saturated heterocycles. The number of ether oxygens (including phenoxy) is 2. The van der Waals surface area contributed by atoms with Crippen LogP contribution >= 0.6 is 0 Å². The maximum atomic E-state index is 12.0. The van der Waals surface area contributed by atoms with Crippen molar-refractivity contribution in [1.29, 1.82) is 0 Å². The van der Waals surface area contributed by atoms with E-state index in [0.717, 1.165) is 22.0 Å². The number of hydrogen-bond donors (Lipinski definition) is 1. The van der Waals surface area contributed by atoms with Crippen molar-refractivity contribution in [2.45, 2.75) is 6.61 Å². The van der Waals surface area contributed by atoms with Crippen LogP contribution in [0.3, 0.4) is 0 Å². The Morgan fingerprint density at radius 1 is 1.24 bits per heavy atom. The summed E-state index contributed by atoms with van der Waals surface area (Å²) in [6.45, 7) is 7.42. The number of allylic oxidation sites excluding steroid dienone is 3. The molecule has 1 N–H and O–H groups in total. The third kappa shape index (κ3) is 4.16. The molecule has 0 amide bonds. The van der Waals surface area contributed by atoms with Crippen LogP contribution in [-0.2, 0) is 20.9 Å². The maximum Gasteiger partial charge on any atom is 0.356 e. The Kier molecular flexibility index (Phi) is 6.04. The van der Waals surface area contributed by atoms with Crippen molar-refractivity contribution in [3.05, 3.63) is 90.5 Å². The Labute approximate surface area is 168 Å². The molecule has 6 nitrogen and oxygen atoms in total. The molecule has 0 aliphatic carbocycles. The van der Waals surface area contributed by atoms with E-state index in [1.807, 2.05) is 30.5 Å². The molecule has 2 heterocycles. The van der Waals surface area contributed by atoms with Crippen LogP contribution in [0.25, 0.3) is 22.2 Å². The highest BCUT2D eigenvalue weighted by Gasteiger charge is 2.17. The van der Waals surface area contributed by atoms with Crippen molar-refractivity contribution >= 4 is 23.2 Å². The van der Waals surface area contributed by atoms with Gasteiger partial charge >= 0.3 is 5.97 Å². The SMILES string of the molecule is C=C/C=C(/OCc1ccc(C(=O)OC)nc1-c1c[nH]c2ccccc12)C(=C)C=O. The predicted molar refractivity (Wildman–Crippen MR) is 111 cm³/mol. The van der Waals surface area contributed by atoms with Gasteiger partial charge in [0.2, 0.25) is 0 Å². The molecule has 0 radical (unpaired) electrons. The third-order valence-electron chi connectivity index (χ3n) is 4.33. The van der Waals surface area contributed by atoms with E-state index in [9.17, 15) is 9.59 Å². The molecule has 29 heavy (non-hydrogen) atoms. The van der Waals surface area contributed by atoms with Crippen LogP contribution in [0, 0.1) is 0 Å². The van der Waals surface area contributed by atoms with Crippen LogP contribution in [0.2, 0.25) is 0 Å². The minimum atomic E-state index is -0.528. The van der Waals surface area contributed by atoms with Gasteiger partial charge in [0.1, 0.15) is 18.1 Å². The first-order valence-corrected chi connectivity index (χ1v) is 8.83. The van der Waals surface area contributed by atoms with E-state index in [-0.39, 0.29) is 17.9 Å². The lowest BCUT2D eigenvalue weighted by molar-refractivity contribution is -0.105. The van der Waals surface area contributed by atoms with Crippen LogP contribution in [-0.4, -0.2) is 29.3 Å². The number of pyridine rings is 1. The van der Waals surface area contributed by atoms with Gasteiger partial charge in [-0.1, -0.05) is 43.5 Å². The summed E-state index contributed by atoms with van der Waals surface area (Å²) in [4.78, 5) is 30.8. The zero-order chi connectivity index (χ0) is 20.8. The second kappa shape index (κ2) is 8.84. The molecule has 0 aliphatic rings. The summed E-state index contributed by atoms with van der Waals surface area (Å²) in [5.41, 5.74) is 3.49. The lowest BCUT2D eigenvalue weighted by Crippen LogP contribution is -2.07. The molecule has 1 aromatic carbocycles. The average molecular weight is 388 g/mol. The smallest absolute Gasteiger partial charge is 0.356 e. The molecule has 0 fully saturated rings. The van der Waals surface area contributed by atoms with Gasteiger partial charge in [-0.05, 0) is 18.2 Å².